The van der Waals surface area contributed by atoms with Crippen molar-refractivity contribution < 1.29 is 4.74 Å². The van der Waals surface area contributed by atoms with Gasteiger partial charge in [-0.25, -0.2) is 0 Å². The Balaban J connectivity index is 2.01. The monoisotopic (exact) mass is 233 g/mol. The average molecular weight is 233 g/mol. The normalized spacial score (nSPS) is 17.8. The molecule has 2 nitrogen and oxygen atoms in total. The summed E-state index contributed by atoms with van der Waals surface area (Å²) in [4.78, 5) is 0. The van der Waals surface area contributed by atoms with E-state index in [9.17, 15) is 0 Å². The molecule has 0 aliphatic carbocycles. The van der Waals surface area contributed by atoms with Gasteiger partial charge in [0.15, 0.2) is 0 Å². The van der Waals surface area contributed by atoms with Gasteiger partial charge in [-0.3, -0.25) is 0 Å². The molecule has 1 aliphatic heterocycles. The van der Waals surface area contributed by atoms with Gasteiger partial charge < -0.3 is 10.5 Å². The molecule has 1 aromatic carbocycles. The molecule has 2 N–H and O–H groups in total. The first-order valence-corrected chi connectivity index (χ1v) is 6.65. The van der Waals surface area contributed by atoms with Crippen LogP contribution in [-0.2, 0) is 18.0 Å². The van der Waals surface area contributed by atoms with E-state index in [4.69, 9.17) is 10.5 Å². The van der Waals surface area contributed by atoms with Crippen molar-refractivity contribution in [2.45, 2.75) is 52.4 Å². The van der Waals surface area contributed by atoms with Crippen LogP contribution in [0.25, 0.3) is 0 Å². The predicted molar refractivity (Wildman–Crippen MR) is 70.6 cm³/mol. The number of hydrogen-bond acceptors (Lipinski definition) is 2. The summed E-state index contributed by atoms with van der Waals surface area (Å²) in [5.74, 6) is 0.708. The van der Waals surface area contributed by atoms with E-state index >= 15 is 0 Å². The first-order valence-electron chi connectivity index (χ1n) is 6.65. The molecule has 2 atom stereocenters. The smallest absolute Gasteiger partial charge is 0.0725 e. The largest absolute Gasteiger partial charge is 0.372 e. The van der Waals surface area contributed by atoms with Crippen molar-refractivity contribution in [3.8, 4) is 0 Å². The van der Waals surface area contributed by atoms with Gasteiger partial charge in [0, 0.05) is 6.04 Å². The van der Waals surface area contributed by atoms with E-state index in [-0.39, 0.29) is 6.04 Å². The lowest BCUT2D eigenvalue weighted by Gasteiger charge is -2.17. The zero-order valence-electron chi connectivity index (χ0n) is 10.9. The van der Waals surface area contributed by atoms with E-state index in [0.717, 1.165) is 19.6 Å². The highest BCUT2D eigenvalue weighted by Crippen LogP contribution is 2.26. The number of hydrogen-bond donors (Lipinski definition) is 1. The molecule has 0 bridgehead atoms. The van der Waals surface area contributed by atoms with Gasteiger partial charge >= 0.3 is 0 Å². The number of rotatable bonds is 5. The van der Waals surface area contributed by atoms with E-state index in [0.29, 0.717) is 5.92 Å². The van der Waals surface area contributed by atoms with Crippen molar-refractivity contribution in [3.63, 3.8) is 0 Å². The van der Waals surface area contributed by atoms with Gasteiger partial charge in [-0.1, -0.05) is 44.9 Å². The standard InChI is InChI=1S/C15H23NO/c1-3-4-11(2)7-15(16)12-5-6-13-9-17-10-14(13)8-12/h5-6,8,11,15H,3-4,7,9-10,16H2,1-2H3. The summed E-state index contributed by atoms with van der Waals surface area (Å²) in [6.07, 6.45) is 3.58. The van der Waals surface area contributed by atoms with Crippen molar-refractivity contribution >= 4 is 0 Å². The fourth-order valence-corrected chi connectivity index (χ4v) is 2.60. The van der Waals surface area contributed by atoms with Gasteiger partial charge in [-0.15, -0.1) is 0 Å². The van der Waals surface area contributed by atoms with E-state index in [1.807, 2.05) is 0 Å². The van der Waals surface area contributed by atoms with E-state index in [2.05, 4.69) is 32.0 Å². The molecule has 0 radical (unpaired) electrons. The molecular weight excluding hydrogens is 210 g/mol. The third-order valence-corrected chi connectivity index (χ3v) is 3.61. The number of ether oxygens (including phenoxy) is 1. The summed E-state index contributed by atoms with van der Waals surface area (Å²) in [5, 5.41) is 0. The lowest BCUT2D eigenvalue weighted by molar-refractivity contribution is 0.134. The highest BCUT2D eigenvalue weighted by molar-refractivity contribution is 5.34. The summed E-state index contributed by atoms with van der Waals surface area (Å²) < 4.78 is 5.43. The fourth-order valence-electron chi connectivity index (χ4n) is 2.60. The quantitative estimate of drug-likeness (QED) is 0.844. The van der Waals surface area contributed by atoms with Crippen LogP contribution in [0.1, 0.15) is 55.8 Å². The van der Waals surface area contributed by atoms with Gasteiger partial charge in [0.25, 0.3) is 0 Å². The Labute approximate surface area is 104 Å². The van der Waals surface area contributed by atoms with Gasteiger partial charge in [-0.2, -0.15) is 0 Å². The molecule has 1 aliphatic rings. The number of benzene rings is 1. The van der Waals surface area contributed by atoms with Crippen LogP contribution in [0.3, 0.4) is 0 Å². The van der Waals surface area contributed by atoms with Crippen LogP contribution in [0.4, 0.5) is 0 Å². The summed E-state index contributed by atoms with van der Waals surface area (Å²) in [7, 11) is 0. The molecule has 1 heterocycles. The summed E-state index contributed by atoms with van der Waals surface area (Å²) in [6, 6.07) is 6.73. The van der Waals surface area contributed by atoms with Crippen molar-refractivity contribution in [2.75, 3.05) is 0 Å². The molecule has 0 fully saturated rings. The number of fused-ring (bicyclic) bond motifs is 1. The van der Waals surface area contributed by atoms with Gasteiger partial charge in [0.05, 0.1) is 13.2 Å². The second kappa shape index (κ2) is 5.65. The van der Waals surface area contributed by atoms with Crippen LogP contribution in [0, 0.1) is 5.92 Å². The minimum absolute atomic E-state index is 0.169. The zero-order chi connectivity index (χ0) is 12.3. The lowest BCUT2D eigenvalue weighted by atomic mass is 9.92. The molecule has 2 unspecified atom stereocenters. The number of nitrogens with two attached hydrogens (primary N) is 1. The van der Waals surface area contributed by atoms with Crippen LogP contribution in [0.15, 0.2) is 18.2 Å². The molecule has 0 saturated carbocycles. The summed E-state index contributed by atoms with van der Waals surface area (Å²) >= 11 is 0. The molecule has 2 rings (SSSR count). The fraction of sp³-hybridized carbons (Fsp3) is 0.600. The molecule has 0 saturated heterocycles. The Bertz CT molecular complexity index is 375. The Morgan fingerprint density at radius 3 is 2.82 bits per heavy atom. The third-order valence-electron chi connectivity index (χ3n) is 3.61. The topological polar surface area (TPSA) is 35.2 Å². The van der Waals surface area contributed by atoms with Crippen molar-refractivity contribution in [1.29, 1.82) is 0 Å². The highest BCUT2D eigenvalue weighted by Gasteiger charge is 2.15. The maximum absolute atomic E-state index is 6.28. The molecule has 94 valence electrons. The molecule has 2 heteroatoms. The summed E-state index contributed by atoms with van der Waals surface area (Å²) in [6.45, 7) is 6.03. The van der Waals surface area contributed by atoms with Crippen LogP contribution in [-0.4, -0.2) is 0 Å². The molecular formula is C15H23NO. The Hall–Kier alpha value is -0.860. The molecule has 17 heavy (non-hydrogen) atoms. The van der Waals surface area contributed by atoms with Crippen LogP contribution < -0.4 is 5.73 Å². The average Bonchev–Trinajstić information content (AvgIpc) is 2.75. The van der Waals surface area contributed by atoms with Gasteiger partial charge in [0.1, 0.15) is 0 Å². The van der Waals surface area contributed by atoms with Gasteiger partial charge in [-0.05, 0) is 29.0 Å². The van der Waals surface area contributed by atoms with Crippen molar-refractivity contribution in [3.05, 3.63) is 34.9 Å². The Kier molecular flexibility index (Phi) is 4.19. The first-order chi connectivity index (χ1) is 8.20. The van der Waals surface area contributed by atoms with E-state index in [1.54, 1.807) is 0 Å². The maximum atomic E-state index is 6.28. The van der Waals surface area contributed by atoms with Crippen LogP contribution >= 0.6 is 0 Å². The first kappa shape index (κ1) is 12.6. The SMILES string of the molecule is CCCC(C)CC(N)c1ccc2c(c1)COC2. The second-order valence-corrected chi connectivity index (χ2v) is 5.26. The molecule has 1 aromatic rings. The minimum Gasteiger partial charge on any atom is -0.372 e. The van der Waals surface area contributed by atoms with Gasteiger partial charge in [0.2, 0.25) is 0 Å². The molecule has 0 amide bonds. The Morgan fingerprint density at radius 1 is 1.29 bits per heavy atom. The van der Waals surface area contributed by atoms with Crippen LogP contribution in [0.5, 0.6) is 0 Å². The third kappa shape index (κ3) is 3.08. The van der Waals surface area contributed by atoms with Crippen molar-refractivity contribution in [2.24, 2.45) is 11.7 Å². The second-order valence-electron chi connectivity index (χ2n) is 5.26. The van der Waals surface area contributed by atoms with Crippen LogP contribution in [0.2, 0.25) is 0 Å². The highest BCUT2D eigenvalue weighted by atomic mass is 16.5. The molecule has 0 aromatic heterocycles. The maximum Gasteiger partial charge on any atom is 0.0725 e. The minimum atomic E-state index is 0.169. The van der Waals surface area contributed by atoms with Crippen molar-refractivity contribution in [1.82, 2.24) is 0 Å². The predicted octanol–water partition coefficient (Wildman–Crippen LogP) is 3.54. The lowest BCUT2D eigenvalue weighted by Crippen LogP contribution is -2.14. The zero-order valence-corrected chi connectivity index (χ0v) is 10.9. The molecule has 0 spiro atoms. The summed E-state index contributed by atoms with van der Waals surface area (Å²) in [5.41, 5.74) is 10.2. The Morgan fingerprint density at radius 2 is 2.06 bits per heavy atom. The van der Waals surface area contributed by atoms with E-state index < -0.39 is 0 Å². The van der Waals surface area contributed by atoms with E-state index in [1.165, 1.54) is 29.5 Å².